The van der Waals surface area contributed by atoms with Crippen LogP contribution in [0.15, 0.2) is 97.1 Å². The van der Waals surface area contributed by atoms with Crippen LogP contribution < -0.4 is 9.47 Å². The maximum absolute atomic E-state index is 7.14. The molecule has 41 heavy (non-hydrogen) atoms. The molecule has 0 N–H and O–H groups in total. The van der Waals surface area contributed by atoms with Crippen LogP contribution in [0.1, 0.15) is 42.5 Å². The minimum Gasteiger partial charge on any atom is -0.497 e. The molecule has 216 valence electrons. The number of rotatable bonds is 14. The van der Waals surface area contributed by atoms with Crippen LogP contribution in [0.3, 0.4) is 0 Å². The predicted molar refractivity (Wildman–Crippen MR) is 164 cm³/mol. The Morgan fingerprint density at radius 3 is 1.68 bits per heavy atom. The third-order valence-electron chi connectivity index (χ3n) is 6.90. The highest BCUT2D eigenvalue weighted by atomic mass is 35.5. The van der Waals surface area contributed by atoms with Crippen LogP contribution in [-0.4, -0.2) is 33.2 Å². The molecule has 2 unspecified atom stereocenters. The fraction of sp³-hybridized carbons (Fsp3) is 0.294. The number of benzene rings is 4. The normalized spacial score (nSPS) is 13.0. The summed E-state index contributed by atoms with van der Waals surface area (Å²) >= 11 is 12.3. The van der Waals surface area contributed by atoms with Crippen LogP contribution in [-0.2, 0) is 26.4 Å². The number of ether oxygens (including phenoxy) is 5. The number of methoxy groups -OCH3 is 2. The number of hydrogen-bond acceptors (Lipinski definition) is 5. The van der Waals surface area contributed by atoms with Crippen molar-refractivity contribution >= 4 is 23.2 Å². The van der Waals surface area contributed by atoms with Gasteiger partial charge in [-0.15, -0.1) is 0 Å². The molecule has 0 amide bonds. The molecule has 7 heteroatoms. The lowest BCUT2D eigenvalue weighted by atomic mass is 9.79. The number of halogens is 2. The maximum Gasteiger partial charge on any atom is 0.155 e. The summed E-state index contributed by atoms with van der Waals surface area (Å²) in [7, 11) is 3.32. The van der Waals surface area contributed by atoms with Crippen molar-refractivity contribution in [3.63, 3.8) is 0 Å². The number of hydrogen-bond donors (Lipinski definition) is 0. The van der Waals surface area contributed by atoms with Gasteiger partial charge in [0.25, 0.3) is 0 Å². The Morgan fingerprint density at radius 1 is 0.683 bits per heavy atom. The summed E-state index contributed by atoms with van der Waals surface area (Å²) in [6.07, 6.45) is -0.0121. The monoisotopic (exact) mass is 594 g/mol. The maximum atomic E-state index is 7.14. The second-order valence-corrected chi connectivity index (χ2v) is 10.5. The van der Waals surface area contributed by atoms with Gasteiger partial charge in [-0.05, 0) is 78.1 Å². The Morgan fingerprint density at radius 2 is 1.20 bits per heavy atom. The summed E-state index contributed by atoms with van der Waals surface area (Å²) in [5.74, 6) is 1.54. The standard InChI is InChI=1S/C34H36Cl2O5/c1-5-31(23-40-24(2)39-22-25-19-29(35)21-30(36)20-25)41-34(26-9-7-6-8-10-26,27-11-15-32(37-3)16-12-27)28-13-17-33(38-4)18-14-28/h6-21,24,31H,5,22-23H2,1-4H3. The second-order valence-electron chi connectivity index (χ2n) is 9.64. The molecule has 0 aliphatic rings. The van der Waals surface area contributed by atoms with Crippen molar-refractivity contribution in [2.24, 2.45) is 0 Å². The van der Waals surface area contributed by atoms with Crippen molar-refractivity contribution in [1.29, 1.82) is 0 Å². The third kappa shape index (κ3) is 7.82. The van der Waals surface area contributed by atoms with Crippen LogP contribution >= 0.6 is 23.2 Å². The summed E-state index contributed by atoms with van der Waals surface area (Å²) < 4.78 is 30.1. The molecule has 0 bridgehead atoms. The summed E-state index contributed by atoms with van der Waals surface area (Å²) in [4.78, 5) is 0. The first-order chi connectivity index (χ1) is 19.9. The molecule has 2 atom stereocenters. The molecule has 0 heterocycles. The van der Waals surface area contributed by atoms with Crippen LogP contribution in [0.4, 0.5) is 0 Å². The van der Waals surface area contributed by atoms with Crippen molar-refractivity contribution in [3.8, 4) is 11.5 Å². The highest BCUT2D eigenvalue weighted by molar-refractivity contribution is 6.34. The molecule has 4 aromatic carbocycles. The van der Waals surface area contributed by atoms with Gasteiger partial charge >= 0.3 is 0 Å². The van der Waals surface area contributed by atoms with E-state index in [1.54, 1.807) is 20.3 Å². The average Bonchev–Trinajstić information content (AvgIpc) is 3.00. The Hall–Kier alpha value is -3.06. The van der Waals surface area contributed by atoms with Crippen LogP contribution in [0, 0.1) is 0 Å². The fourth-order valence-corrected chi connectivity index (χ4v) is 5.28. The smallest absolute Gasteiger partial charge is 0.155 e. The Labute approximate surface area is 252 Å². The van der Waals surface area contributed by atoms with E-state index in [0.29, 0.717) is 23.3 Å². The van der Waals surface area contributed by atoms with E-state index in [4.69, 9.17) is 46.9 Å². The molecule has 4 aromatic rings. The van der Waals surface area contributed by atoms with E-state index in [-0.39, 0.29) is 6.10 Å². The van der Waals surface area contributed by atoms with E-state index in [0.717, 1.165) is 40.2 Å². The van der Waals surface area contributed by atoms with E-state index in [2.05, 4.69) is 19.1 Å². The highest BCUT2D eigenvalue weighted by Crippen LogP contribution is 2.43. The van der Waals surface area contributed by atoms with Crippen LogP contribution in [0.5, 0.6) is 11.5 Å². The molecule has 0 aromatic heterocycles. The van der Waals surface area contributed by atoms with Crippen molar-refractivity contribution in [1.82, 2.24) is 0 Å². The van der Waals surface area contributed by atoms with Crippen molar-refractivity contribution in [3.05, 3.63) is 129 Å². The minimum atomic E-state index is -0.925. The van der Waals surface area contributed by atoms with Gasteiger partial charge in [0.2, 0.25) is 0 Å². The largest absolute Gasteiger partial charge is 0.497 e. The summed E-state index contributed by atoms with van der Waals surface area (Å²) in [6, 6.07) is 31.6. The van der Waals surface area contributed by atoms with Gasteiger partial charge in [0, 0.05) is 10.0 Å². The first kappa shape index (κ1) is 30.9. The molecular formula is C34H36Cl2O5. The molecular weight excluding hydrogens is 559 g/mol. The van der Waals surface area contributed by atoms with E-state index >= 15 is 0 Å². The lowest BCUT2D eigenvalue weighted by Crippen LogP contribution is -2.39. The molecule has 0 aliphatic carbocycles. The van der Waals surface area contributed by atoms with Crippen molar-refractivity contribution in [2.75, 3.05) is 20.8 Å². The zero-order valence-corrected chi connectivity index (χ0v) is 25.3. The zero-order valence-electron chi connectivity index (χ0n) is 23.8. The minimum absolute atomic E-state index is 0.258. The van der Waals surface area contributed by atoms with E-state index < -0.39 is 11.9 Å². The van der Waals surface area contributed by atoms with Gasteiger partial charge in [-0.2, -0.15) is 0 Å². The summed E-state index contributed by atoms with van der Waals surface area (Å²) in [5.41, 5.74) is 2.88. The fourth-order valence-electron chi connectivity index (χ4n) is 4.71. The van der Waals surface area contributed by atoms with E-state index in [1.165, 1.54) is 0 Å². The summed E-state index contributed by atoms with van der Waals surface area (Å²) in [5, 5.41) is 1.14. The van der Waals surface area contributed by atoms with E-state index in [1.807, 2.05) is 85.8 Å². The molecule has 0 saturated heterocycles. The third-order valence-corrected chi connectivity index (χ3v) is 7.33. The average molecular weight is 596 g/mol. The Bertz CT molecular complexity index is 1290. The Balaban J connectivity index is 1.63. The summed E-state index contributed by atoms with van der Waals surface area (Å²) in [6.45, 7) is 4.61. The lowest BCUT2D eigenvalue weighted by molar-refractivity contribution is -0.171. The molecule has 0 spiro atoms. The lowest BCUT2D eigenvalue weighted by Gasteiger charge is -2.39. The highest BCUT2D eigenvalue weighted by Gasteiger charge is 2.40. The topological polar surface area (TPSA) is 46.2 Å². The van der Waals surface area contributed by atoms with Gasteiger partial charge in [0.05, 0.1) is 33.5 Å². The molecule has 0 saturated carbocycles. The Kier molecular flexibility index (Phi) is 11.1. The van der Waals surface area contributed by atoms with Gasteiger partial charge in [-0.1, -0.05) is 84.7 Å². The first-order valence-electron chi connectivity index (χ1n) is 13.6. The SMILES string of the molecule is CCC(COC(C)OCc1cc(Cl)cc(Cl)c1)OC(c1ccccc1)(c1ccc(OC)cc1)c1ccc(OC)cc1. The van der Waals surface area contributed by atoms with Gasteiger partial charge < -0.3 is 23.7 Å². The van der Waals surface area contributed by atoms with Crippen molar-refractivity contribution in [2.45, 2.75) is 44.9 Å². The molecule has 4 rings (SSSR count). The van der Waals surface area contributed by atoms with Crippen LogP contribution in [0.25, 0.3) is 0 Å². The molecule has 0 radical (unpaired) electrons. The van der Waals surface area contributed by atoms with Gasteiger partial charge in [0.15, 0.2) is 6.29 Å². The van der Waals surface area contributed by atoms with Gasteiger partial charge in [-0.25, -0.2) is 0 Å². The molecule has 0 aliphatic heterocycles. The first-order valence-corrected chi connectivity index (χ1v) is 14.3. The van der Waals surface area contributed by atoms with Gasteiger partial charge in [-0.3, -0.25) is 0 Å². The zero-order chi connectivity index (χ0) is 29.2. The quantitative estimate of drug-likeness (QED) is 0.108. The van der Waals surface area contributed by atoms with E-state index in [9.17, 15) is 0 Å². The molecule has 0 fully saturated rings. The van der Waals surface area contributed by atoms with Crippen molar-refractivity contribution < 1.29 is 23.7 Å². The molecule has 5 nitrogen and oxygen atoms in total. The second kappa shape index (κ2) is 14.7. The van der Waals surface area contributed by atoms with Gasteiger partial charge in [0.1, 0.15) is 17.1 Å². The predicted octanol–water partition coefficient (Wildman–Crippen LogP) is 8.68. The van der Waals surface area contributed by atoms with Crippen LogP contribution in [0.2, 0.25) is 10.0 Å².